The smallest absolute Gasteiger partial charge is 0.154 e. The Hall–Kier alpha value is -0.290. The van der Waals surface area contributed by atoms with Gasteiger partial charge in [0.1, 0.15) is 0 Å². The monoisotopic (exact) mass is 189 g/mol. The fourth-order valence-corrected chi connectivity index (χ4v) is 3.10. The van der Waals surface area contributed by atoms with E-state index in [4.69, 9.17) is 0 Å². The summed E-state index contributed by atoms with van der Waals surface area (Å²) in [5.74, 6) is 0.708. The number of allylic oxidation sites excluding steroid dienone is 1. The molecular formula is C6H7NO2S2. The topological polar surface area (TPSA) is 46.5 Å². The van der Waals surface area contributed by atoms with E-state index in [1.54, 1.807) is 6.08 Å². The van der Waals surface area contributed by atoms with Gasteiger partial charge in [0.05, 0.1) is 0 Å². The number of hydrogen-bond acceptors (Lipinski definition) is 5. The van der Waals surface area contributed by atoms with Crippen molar-refractivity contribution < 1.29 is 4.79 Å². The molecule has 0 saturated carbocycles. The van der Waals surface area contributed by atoms with Crippen molar-refractivity contribution >= 4 is 29.3 Å². The second-order valence-corrected chi connectivity index (χ2v) is 4.60. The highest BCUT2D eigenvalue weighted by atomic mass is 32.2. The van der Waals surface area contributed by atoms with Crippen molar-refractivity contribution in [2.24, 2.45) is 5.18 Å². The molecule has 1 atom stereocenters. The van der Waals surface area contributed by atoms with E-state index in [1.165, 1.54) is 30.4 Å². The maximum atomic E-state index is 10.6. The maximum Gasteiger partial charge on any atom is 0.154 e. The molecule has 5 heteroatoms. The van der Waals surface area contributed by atoms with Crippen LogP contribution in [0.4, 0.5) is 0 Å². The van der Waals surface area contributed by atoms with Gasteiger partial charge >= 0.3 is 0 Å². The van der Waals surface area contributed by atoms with Crippen LogP contribution in [0.5, 0.6) is 0 Å². The summed E-state index contributed by atoms with van der Waals surface area (Å²) in [5, 5.41) is 2.68. The Labute approximate surface area is 73.0 Å². The lowest BCUT2D eigenvalue weighted by Gasteiger charge is -1.90. The van der Waals surface area contributed by atoms with E-state index < -0.39 is 0 Å². The summed E-state index contributed by atoms with van der Waals surface area (Å²) in [7, 11) is 0. The van der Waals surface area contributed by atoms with E-state index in [0.29, 0.717) is 5.75 Å². The third kappa shape index (κ3) is 2.67. The Bertz CT molecular complexity index is 215. The molecule has 60 valence electrons. The van der Waals surface area contributed by atoms with E-state index in [2.05, 4.69) is 5.18 Å². The summed E-state index contributed by atoms with van der Waals surface area (Å²) in [4.78, 5) is 20.6. The van der Waals surface area contributed by atoms with Gasteiger partial charge in [0, 0.05) is 16.1 Å². The number of rotatable bonds is 2. The molecule has 0 aliphatic carbocycles. The van der Waals surface area contributed by atoms with Crippen molar-refractivity contribution in [3.63, 3.8) is 0 Å². The van der Waals surface area contributed by atoms with Crippen LogP contribution in [0.2, 0.25) is 0 Å². The van der Waals surface area contributed by atoms with E-state index in [0.717, 1.165) is 4.24 Å². The van der Waals surface area contributed by atoms with Crippen LogP contribution in [0.1, 0.15) is 6.92 Å². The van der Waals surface area contributed by atoms with Gasteiger partial charge in [0.25, 0.3) is 0 Å². The molecule has 1 saturated heterocycles. The van der Waals surface area contributed by atoms with Gasteiger partial charge in [-0.3, -0.25) is 4.79 Å². The van der Waals surface area contributed by atoms with Gasteiger partial charge in [-0.2, -0.15) is 0 Å². The fraction of sp³-hybridized carbons (Fsp3) is 0.500. The molecular weight excluding hydrogens is 182 g/mol. The SMILES string of the molecule is CC(=O)C=C1SCC(N=O)S1. The average Bonchev–Trinajstić information content (AvgIpc) is 2.34. The zero-order valence-electron chi connectivity index (χ0n) is 5.94. The van der Waals surface area contributed by atoms with Crippen LogP contribution < -0.4 is 0 Å². The summed E-state index contributed by atoms with van der Waals surface area (Å²) < 4.78 is 0.905. The normalized spacial score (nSPS) is 27.4. The van der Waals surface area contributed by atoms with Crippen LogP contribution in [-0.2, 0) is 4.79 Å². The summed E-state index contributed by atoms with van der Waals surface area (Å²) in [5.41, 5.74) is 0. The Balaban J connectivity index is 2.53. The van der Waals surface area contributed by atoms with Crippen molar-refractivity contribution in [3.05, 3.63) is 15.2 Å². The molecule has 0 spiro atoms. The Kier molecular flexibility index (Phi) is 3.14. The molecule has 0 radical (unpaired) electrons. The number of hydrogen-bond donors (Lipinski definition) is 0. The maximum absolute atomic E-state index is 10.6. The molecule has 1 unspecified atom stereocenters. The first-order valence-electron chi connectivity index (χ1n) is 3.06. The van der Waals surface area contributed by atoms with Gasteiger partial charge in [-0.25, -0.2) is 0 Å². The Morgan fingerprint density at radius 1 is 1.82 bits per heavy atom. The number of carbonyl (C=O) groups is 1. The van der Waals surface area contributed by atoms with Crippen molar-refractivity contribution in [1.29, 1.82) is 0 Å². The van der Waals surface area contributed by atoms with Gasteiger partial charge in [0.15, 0.2) is 11.2 Å². The highest BCUT2D eigenvalue weighted by Crippen LogP contribution is 2.41. The van der Waals surface area contributed by atoms with E-state index >= 15 is 0 Å². The van der Waals surface area contributed by atoms with Gasteiger partial charge in [-0.15, -0.1) is 16.7 Å². The zero-order chi connectivity index (χ0) is 8.27. The standard InChI is InChI=1S/C6H7NO2S2/c1-4(8)2-6-10-3-5(7-9)11-6/h2,5H,3H2,1H3. The molecule has 0 aromatic rings. The van der Waals surface area contributed by atoms with Gasteiger partial charge < -0.3 is 0 Å². The predicted molar refractivity (Wildman–Crippen MR) is 48.4 cm³/mol. The Morgan fingerprint density at radius 2 is 2.55 bits per heavy atom. The lowest BCUT2D eigenvalue weighted by atomic mass is 10.5. The second-order valence-electron chi connectivity index (χ2n) is 2.06. The van der Waals surface area contributed by atoms with E-state index in [-0.39, 0.29) is 11.2 Å². The largest absolute Gasteiger partial charge is 0.295 e. The van der Waals surface area contributed by atoms with Gasteiger partial charge in [-0.05, 0) is 6.92 Å². The Morgan fingerprint density at radius 3 is 3.00 bits per heavy atom. The summed E-state index contributed by atoms with van der Waals surface area (Å²) in [6.45, 7) is 1.50. The van der Waals surface area contributed by atoms with Crippen LogP contribution >= 0.6 is 23.5 Å². The summed E-state index contributed by atoms with van der Waals surface area (Å²) >= 11 is 2.88. The van der Waals surface area contributed by atoms with E-state index in [1.807, 2.05) is 0 Å². The highest BCUT2D eigenvalue weighted by molar-refractivity contribution is 8.25. The third-order valence-electron chi connectivity index (χ3n) is 1.06. The quantitative estimate of drug-likeness (QED) is 0.492. The van der Waals surface area contributed by atoms with Crippen LogP contribution in [0.15, 0.2) is 15.5 Å². The number of thioether (sulfide) groups is 2. The van der Waals surface area contributed by atoms with Crippen LogP contribution in [-0.4, -0.2) is 16.9 Å². The predicted octanol–water partition coefficient (Wildman–Crippen LogP) is 1.99. The fourth-order valence-electron chi connectivity index (χ4n) is 0.649. The molecule has 0 aromatic carbocycles. The zero-order valence-corrected chi connectivity index (χ0v) is 7.58. The van der Waals surface area contributed by atoms with Crippen LogP contribution in [0, 0.1) is 4.91 Å². The molecule has 1 aliphatic rings. The number of nitroso groups, excluding NO2 is 1. The highest BCUT2D eigenvalue weighted by Gasteiger charge is 2.21. The first-order valence-corrected chi connectivity index (χ1v) is 4.93. The number of carbonyl (C=O) groups excluding carboxylic acids is 1. The van der Waals surface area contributed by atoms with Crippen molar-refractivity contribution in [2.75, 3.05) is 5.75 Å². The third-order valence-corrected chi connectivity index (χ3v) is 3.67. The van der Waals surface area contributed by atoms with Crippen LogP contribution in [0.25, 0.3) is 0 Å². The summed E-state index contributed by atoms with van der Waals surface area (Å²) in [6, 6.07) is 0. The molecule has 1 aliphatic heterocycles. The average molecular weight is 189 g/mol. The number of ketones is 1. The minimum absolute atomic E-state index is 0.0200. The minimum Gasteiger partial charge on any atom is -0.295 e. The molecule has 0 bridgehead atoms. The molecule has 1 heterocycles. The number of nitrogens with zero attached hydrogens (tertiary/aromatic N) is 1. The molecule has 11 heavy (non-hydrogen) atoms. The molecule has 0 N–H and O–H groups in total. The molecule has 3 nitrogen and oxygen atoms in total. The van der Waals surface area contributed by atoms with Crippen molar-refractivity contribution in [2.45, 2.75) is 12.3 Å². The molecule has 1 fully saturated rings. The molecule has 0 aromatic heterocycles. The van der Waals surface area contributed by atoms with Gasteiger partial charge in [-0.1, -0.05) is 16.9 Å². The van der Waals surface area contributed by atoms with Crippen molar-refractivity contribution in [1.82, 2.24) is 0 Å². The lowest BCUT2D eigenvalue weighted by Crippen LogP contribution is -1.91. The summed E-state index contributed by atoms with van der Waals surface area (Å²) in [6.07, 6.45) is 1.54. The minimum atomic E-state index is -0.203. The first kappa shape index (κ1) is 8.80. The second kappa shape index (κ2) is 3.92. The molecule has 0 amide bonds. The first-order chi connectivity index (χ1) is 5.22. The lowest BCUT2D eigenvalue weighted by molar-refractivity contribution is -0.112. The van der Waals surface area contributed by atoms with Gasteiger partial charge in [0.2, 0.25) is 0 Å². The van der Waals surface area contributed by atoms with Crippen molar-refractivity contribution in [3.8, 4) is 0 Å². The van der Waals surface area contributed by atoms with Crippen LogP contribution in [0.3, 0.4) is 0 Å². The molecule has 1 rings (SSSR count). The van der Waals surface area contributed by atoms with E-state index in [9.17, 15) is 9.70 Å².